The maximum Gasteiger partial charge on any atom is 0.268 e. The average Bonchev–Trinajstić information content (AvgIpc) is 3.46. The number of piperidine rings is 1. The molecule has 0 radical (unpaired) electrons. The first-order valence-electron chi connectivity index (χ1n) is 15.1. The van der Waals surface area contributed by atoms with Gasteiger partial charge in [0.05, 0.1) is 6.04 Å². The third-order valence-electron chi connectivity index (χ3n) is 9.82. The lowest BCUT2D eigenvalue weighted by atomic mass is 9.85. The van der Waals surface area contributed by atoms with Crippen molar-refractivity contribution in [1.29, 1.82) is 0 Å². The summed E-state index contributed by atoms with van der Waals surface area (Å²) in [5.41, 5.74) is 1.33. The number of hydrogen-bond acceptors (Lipinski definition) is 6. The molecule has 4 amide bonds. The normalized spacial score (nSPS) is 25.6. The van der Waals surface area contributed by atoms with Gasteiger partial charge in [0.1, 0.15) is 24.4 Å². The SMILES string of the molecule is Cc1cccc2[nH]c(C(=O)N[C@H](C(=O)N3C[C@H]4[C@@H]([C@H]3C(=O)N[C@@H](C[C@@H]3CCNC3=O)C(=O)CO)C4(C)C)C(C)(C)C)cc12. The van der Waals surface area contributed by atoms with E-state index in [1.807, 2.05) is 45.9 Å². The van der Waals surface area contributed by atoms with Crippen molar-refractivity contribution in [2.24, 2.45) is 28.6 Å². The lowest BCUT2D eigenvalue weighted by Gasteiger charge is -2.38. The Morgan fingerprint density at radius 2 is 1.88 bits per heavy atom. The average molecular weight is 594 g/mol. The van der Waals surface area contributed by atoms with E-state index in [0.717, 1.165) is 16.5 Å². The number of fused-ring (bicyclic) bond motifs is 2. The second kappa shape index (κ2) is 11.1. The first-order chi connectivity index (χ1) is 20.1. The smallest absolute Gasteiger partial charge is 0.268 e. The van der Waals surface area contributed by atoms with E-state index in [0.29, 0.717) is 25.2 Å². The molecule has 1 aromatic heterocycles. The van der Waals surface area contributed by atoms with Gasteiger partial charge in [-0.15, -0.1) is 0 Å². The summed E-state index contributed by atoms with van der Waals surface area (Å²) in [6.45, 7) is 11.8. The highest BCUT2D eigenvalue weighted by Gasteiger charge is 2.70. The van der Waals surface area contributed by atoms with E-state index in [1.165, 1.54) is 0 Å². The maximum atomic E-state index is 14.2. The Balaban J connectivity index is 1.38. The van der Waals surface area contributed by atoms with Gasteiger partial charge in [-0.25, -0.2) is 0 Å². The number of benzene rings is 1. The molecule has 11 nitrogen and oxygen atoms in total. The van der Waals surface area contributed by atoms with E-state index in [2.05, 4.69) is 34.8 Å². The predicted octanol–water partition coefficient (Wildman–Crippen LogP) is 1.68. The van der Waals surface area contributed by atoms with Crippen LogP contribution in [0.2, 0.25) is 0 Å². The molecule has 2 aromatic rings. The van der Waals surface area contributed by atoms with Crippen molar-refractivity contribution >= 4 is 40.3 Å². The highest BCUT2D eigenvalue weighted by molar-refractivity contribution is 6.02. The summed E-state index contributed by atoms with van der Waals surface area (Å²) >= 11 is 0. The number of likely N-dealkylation sites (tertiary alicyclic amines) is 1. The zero-order valence-electron chi connectivity index (χ0n) is 25.7. The minimum absolute atomic E-state index is 0.0831. The summed E-state index contributed by atoms with van der Waals surface area (Å²) in [4.78, 5) is 71.1. The number of aromatic amines is 1. The summed E-state index contributed by atoms with van der Waals surface area (Å²) < 4.78 is 0. The molecule has 0 bridgehead atoms. The van der Waals surface area contributed by atoms with Crippen LogP contribution in [0.25, 0.3) is 10.9 Å². The van der Waals surface area contributed by atoms with Crippen LogP contribution in [0.4, 0.5) is 0 Å². The van der Waals surface area contributed by atoms with E-state index in [4.69, 9.17) is 0 Å². The number of aromatic nitrogens is 1. The molecule has 0 spiro atoms. The fraction of sp³-hybridized carbons (Fsp3) is 0.594. The number of aliphatic hydroxyl groups excluding tert-OH is 1. The van der Waals surface area contributed by atoms with Gasteiger partial charge in [0.2, 0.25) is 17.7 Å². The minimum Gasteiger partial charge on any atom is -0.389 e. The molecule has 1 saturated carbocycles. The Bertz CT molecular complexity index is 1470. The Kier molecular flexibility index (Phi) is 7.91. The topological polar surface area (TPSA) is 161 Å². The second-order valence-corrected chi connectivity index (χ2v) is 14.1. The Morgan fingerprint density at radius 3 is 2.49 bits per heavy atom. The van der Waals surface area contributed by atoms with E-state index in [9.17, 15) is 29.1 Å². The monoisotopic (exact) mass is 593 g/mol. The molecule has 2 saturated heterocycles. The number of H-pyrrole nitrogens is 1. The third kappa shape index (κ3) is 5.67. The Labute approximate surface area is 251 Å². The minimum atomic E-state index is -1.05. The molecular formula is C32H43N5O6. The molecule has 6 atom stereocenters. The van der Waals surface area contributed by atoms with Crippen LogP contribution in [-0.4, -0.2) is 82.2 Å². The van der Waals surface area contributed by atoms with Crippen LogP contribution in [-0.2, 0) is 19.2 Å². The standard InChI is InChI=1S/C32H43N5O6/c1-16-8-7-9-20-18(16)13-22(34-20)28(41)36-26(31(2,3)4)30(43)37-14-19-24(32(19,5)6)25(37)29(42)35-21(23(39)15-38)12-17-10-11-33-27(17)40/h7-9,13,17,19,21,24-26,34,38H,10-12,14-15H2,1-6H3,(H,33,40)(H,35,42)(H,36,41)/t17-,19-,21-,24-,25-,26+/m0/s1. The molecule has 1 aromatic carbocycles. The van der Waals surface area contributed by atoms with E-state index in [-0.39, 0.29) is 35.5 Å². The Hall–Kier alpha value is -3.73. The van der Waals surface area contributed by atoms with E-state index >= 15 is 0 Å². The molecule has 3 heterocycles. The number of carbonyl (C=O) groups is 5. The zero-order valence-corrected chi connectivity index (χ0v) is 25.7. The Morgan fingerprint density at radius 1 is 1.16 bits per heavy atom. The first kappa shape index (κ1) is 30.7. The number of ketones is 1. The van der Waals surface area contributed by atoms with Gasteiger partial charge in [0, 0.05) is 29.9 Å². The predicted molar refractivity (Wildman–Crippen MR) is 160 cm³/mol. The van der Waals surface area contributed by atoms with Crippen LogP contribution < -0.4 is 16.0 Å². The number of carbonyl (C=O) groups excluding carboxylic acids is 5. The lowest BCUT2D eigenvalue weighted by Crippen LogP contribution is -2.60. The molecule has 11 heteroatoms. The van der Waals surface area contributed by atoms with Gasteiger partial charge in [-0.2, -0.15) is 0 Å². The number of hydrogen-bond donors (Lipinski definition) is 5. The van der Waals surface area contributed by atoms with E-state index in [1.54, 1.807) is 11.0 Å². The number of nitrogens with one attached hydrogen (secondary N) is 4. The van der Waals surface area contributed by atoms with Crippen molar-refractivity contribution in [2.45, 2.75) is 72.5 Å². The highest BCUT2D eigenvalue weighted by atomic mass is 16.3. The molecule has 2 aliphatic heterocycles. The first-order valence-corrected chi connectivity index (χ1v) is 15.1. The third-order valence-corrected chi connectivity index (χ3v) is 9.82. The van der Waals surface area contributed by atoms with Crippen LogP contribution in [0, 0.1) is 35.5 Å². The maximum absolute atomic E-state index is 14.2. The van der Waals surface area contributed by atoms with Gasteiger partial charge in [0.15, 0.2) is 5.78 Å². The van der Waals surface area contributed by atoms with Crippen molar-refractivity contribution in [2.75, 3.05) is 19.7 Å². The summed E-state index contributed by atoms with van der Waals surface area (Å²) in [7, 11) is 0. The molecule has 1 aliphatic carbocycles. The molecule has 0 unspecified atom stereocenters. The van der Waals surface area contributed by atoms with Gasteiger partial charge in [0.25, 0.3) is 5.91 Å². The zero-order chi connectivity index (χ0) is 31.4. The van der Waals surface area contributed by atoms with Gasteiger partial charge >= 0.3 is 0 Å². The van der Waals surface area contributed by atoms with Crippen LogP contribution in [0.15, 0.2) is 24.3 Å². The van der Waals surface area contributed by atoms with Crippen LogP contribution >= 0.6 is 0 Å². The molecule has 5 rings (SSSR count). The fourth-order valence-electron chi connectivity index (χ4n) is 7.06. The van der Waals surface area contributed by atoms with E-state index < -0.39 is 53.7 Å². The number of aliphatic hydroxyl groups is 1. The number of Topliss-reactive ketones (excluding diaryl/α,β-unsaturated/α-hetero) is 1. The summed E-state index contributed by atoms with van der Waals surface area (Å²) in [5.74, 6) is -2.50. The summed E-state index contributed by atoms with van der Waals surface area (Å²) in [6, 6.07) is 4.71. The molecule has 43 heavy (non-hydrogen) atoms. The number of aryl methyl sites for hydroxylation is 1. The van der Waals surface area contributed by atoms with Crippen LogP contribution in [0.5, 0.6) is 0 Å². The van der Waals surface area contributed by atoms with Gasteiger partial charge in [-0.3, -0.25) is 24.0 Å². The number of rotatable bonds is 9. The molecule has 5 N–H and O–H groups in total. The largest absolute Gasteiger partial charge is 0.389 e. The second-order valence-electron chi connectivity index (χ2n) is 14.1. The molecule has 3 aliphatic rings. The lowest BCUT2D eigenvalue weighted by molar-refractivity contribution is -0.144. The summed E-state index contributed by atoms with van der Waals surface area (Å²) in [5, 5.41) is 19.0. The summed E-state index contributed by atoms with van der Waals surface area (Å²) in [6.07, 6.45) is 0.623. The number of nitrogens with zero attached hydrogens (tertiary/aromatic N) is 1. The molecule has 3 fully saturated rings. The number of amides is 4. The quantitative estimate of drug-likeness (QED) is 0.297. The van der Waals surface area contributed by atoms with Crippen LogP contribution in [0.1, 0.15) is 63.5 Å². The molecular weight excluding hydrogens is 550 g/mol. The van der Waals surface area contributed by atoms with Crippen molar-refractivity contribution in [3.8, 4) is 0 Å². The van der Waals surface area contributed by atoms with Crippen molar-refractivity contribution in [3.63, 3.8) is 0 Å². The van der Waals surface area contributed by atoms with Crippen molar-refractivity contribution in [3.05, 3.63) is 35.5 Å². The van der Waals surface area contributed by atoms with Crippen molar-refractivity contribution < 1.29 is 29.1 Å². The van der Waals surface area contributed by atoms with Gasteiger partial charge in [-0.1, -0.05) is 46.8 Å². The van der Waals surface area contributed by atoms with Crippen LogP contribution in [0.3, 0.4) is 0 Å². The molecule has 232 valence electrons. The fourth-order valence-corrected chi connectivity index (χ4v) is 7.06. The highest BCUT2D eigenvalue weighted by Crippen LogP contribution is 2.65. The van der Waals surface area contributed by atoms with Crippen molar-refractivity contribution in [1.82, 2.24) is 25.8 Å². The van der Waals surface area contributed by atoms with Gasteiger partial charge < -0.3 is 30.9 Å². The van der Waals surface area contributed by atoms with Gasteiger partial charge in [-0.05, 0) is 60.1 Å².